The Balaban J connectivity index is 1.84. The lowest BCUT2D eigenvalue weighted by atomic mass is 10.1. The number of ether oxygens (including phenoxy) is 1. The lowest BCUT2D eigenvalue weighted by Crippen LogP contribution is -2.03. The minimum absolute atomic E-state index is 0.00339. The van der Waals surface area contributed by atoms with Gasteiger partial charge in [-0.3, -0.25) is 29.7 Å². The van der Waals surface area contributed by atoms with Gasteiger partial charge < -0.3 is 4.74 Å². The van der Waals surface area contributed by atoms with Crippen LogP contribution in [0.1, 0.15) is 21.5 Å². The average Bonchev–Trinajstić information content (AvgIpc) is 3.21. The molecule has 0 fully saturated rings. The summed E-state index contributed by atoms with van der Waals surface area (Å²) in [4.78, 5) is 33.2. The van der Waals surface area contributed by atoms with E-state index in [9.17, 15) is 25.0 Å². The Hall–Kier alpha value is -4.34. The van der Waals surface area contributed by atoms with E-state index in [0.717, 1.165) is 6.20 Å². The number of nitro benzene ring substituents is 1. The second-order valence-electron chi connectivity index (χ2n) is 6.20. The van der Waals surface area contributed by atoms with E-state index in [1.165, 1.54) is 48.3 Å². The van der Waals surface area contributed by atoms with Gasteiger partial charge in [0.15, 0.2) is 5.78 Å². The number of carbonyl (C=O) groups is 1. The third-order valence-corrected chi connectivity index (χ3v) is 4.26. The van der Waals surface area contributed by atoms with Crippen molar-refractivity contribution >= 4 is 23.2 Å². The topological polar surface area (TPSA) is 130 Å². The number of hydrogen-bond acceptors (Lipinski definition) is 7. The van der Waals surface area contributed by atoms with Crippen molar-refractivity contribution in [3.8, 4) is 5.75 Å². The summed E-state index contributed by atoms with van der Waals surface area (Å²) in [5, 5.41) is 25.9. The molecule has 0 saturated carbocycles. The first kappa shape index (κ1) is 20.4. The maximum Gasteiger partial charge on any atom is 0.307 e. The van der Waals surface area contributed by atoms with E-state index in [4.69, 9.17) is 4.74 Å². The molecule has 1 aromatic heterocycles. The maximum atomic E-state index is 12.4. The second-order valence-corrected chi connectivity index (χ2v) is 6.20. The summed E-state index contributed by atoms with van der Waals surface area (Å²) < 4.78 is 6.73. The Labute approximate surface area is 170 Å². The Morgan fingerprint density at radius 3 is 2.60 bits per heavy atom. The molecule has 2 aromatic carbocycles. The molecule has 0 N–H and O–H groups in total. The number of carbonyl (C=O) groups excluding carboxylic acids is 1. The van der Waals surface area contributed by atoms with E-state index < -0.39 is 15.6 Å². The van der Waals surface area contributed by atoms with Crippen molar-refractivity contribution < 1.29 is 19.4 Å². The first-order valence-corrected chi connectivity index (χ1v) is 8.68. The molecule has 152 valence electrons. The lowest BCUT2D eigenvalue weighted by molar-refractivity contribution is -0.385. The van der Waals surface area contributed by atoms with Gasteiger partial charge in [-0.1, -0.05) is 24.3 Å². The molecule has 0 bridgehead atoms. The molecular weight excluding hydrogens is 392 g/mol. The molecule has 0 aliphatic rings. The zero-order valence-corrected chi connectivity index (χ0v) is 15.8. The highest BCUT2D eigenvalue weighted by Crippen LogP contribution is 2.23. The fourth-order valence-electron chi connectivity index (χ4n) is 2.84. The number of nitro groups is 2. The van der Waals surface area contributed by atoms with Crippen LogP contribution in [-0.2, 0) is 6.54 Å². The van der Waals surface area contributed by atoms with Crippen molar-refractivity contribution in [3.05, 3.63) is 97.9 Å². The summed E-state index contributed by atoms with van der Waals surface area (Å²) in [5.74, 6) is 0.0534. The number of benzene rings is 2. The van der Waals surface area contributed by atoms with Crippen molar-refractivity contribution in [3.63, 3.8) is 0 Å². The van der Waals surface area contributed by atoms with Gasteiger partial charge in [-0.2, -0.15) is 5.10 Å². The SMILES string of the molecule is COc1ccc(/C=C/C(=O)c2ccccc2[N+](=O)[O-])cc1Cn1cc([N+](=O)[O-])cn1. The van der Waals surface area contributed by atoms with E-state index in [1.807, 2.05) is 0 Å². The van der Waals surface area contributed by atoms with Crippen LogP contribution in [0.4, 0.5) is 11.4 Å². The van der Waals surface area contributed by atoms with Gasteiger partial charge in [0.25, 0.3) is 5.69 Å². The fraction of sp³-hybridized carbons (Fsp3) is 0.100. The molecule has 0 spiro atoms. The van der Waals surface area contributed by atoms with Crippen LogP contribution in [0.15, 0.2) is 60.9 Å². The normalized spacial score (nSPS) is 10.8. The van der Waals surface area contributed by atoms with Crippen LogP contribution in [-0.4, -0.2) is 32.5 Å². The monoisotopic (exact) mass is 408 g/mol. The largest absolute Gasteiger partial charge is 0.496 e. The summed E-state index contributed by atoms with van der Waals surface area (Å²) in [7, 11) is 1.50. The molecule has 0 amide bonds. The predicted molar refractivity (Wildman–Crippen MR) is 107 cm³/mol. The molecule has 10 nitrogen and oxygen atoms in total. The second kappa shape index (κ2) is 8.78. The van der Waals surface area contributed by atoms with Crippen molar-refractivity contribution in [1.29, 1.82) is 0 Å². The van der Waals surface area contributed by atoms with Crippen molar-refractivity contribution in [2.24, 2.45) is 0 Å². The van der Waals surface area contributed by atoms with Crippen molar-refractivity contribution in [1.82, 2.24) is 9.78 Å². The molecular formula is C20H16N4O6. The van der Waals surface area contributed by atoms with Crippen LogP contribution in [0.3, 0.4) is 0 Å². The Kier molecular flexibility index (Phi) is 5.97. The summed E-state index contributed by atoms with van der Waals surface area (Å²) in [6.45, 7) is 0.219. The summed E-state index contributed by atoms with van der Waals surface area (Å²) in [6, 6.07) is 10.9. The van der Waals surface area contributed by atoms with Crippen LogP contribution in [0.5, 0.6) is 5.75 Å². The van der Waals surface area contributed by atoms with E-state index >= 15 is 0 Å². The lowest BCUT2D eigenvalue weighted by Gasteiger charge is -2.09. The summed E-state index contributed by atoms with van der Waals surface area (Å²) in [6.07, 6.45) is 5.25. The standard InChI is InChI=1S/C20H16N4O6/c1-30-20-9-7-14(10-15(20)12-22-13-16(11-21-22)23(26)27)6-8-19(25)17-4-2-3-5-18(17)24(28)29/h2-11,13H,12H2,1H3/b8-6+. The van der Waals surface area contributed by atoms with E-state index in [0.29, 0.717) is 16.9 Å². The number of aromatic nitrogens is 2. The van der Waals surface area contributed by atoms with Crippen LogP contribution >= 0.6 is 0 Å². The number of methoxy groups -OCH3 is 1. The number of rotatable bonds is 8. The van der Waals surface area contributed by atoms with Crippen LogP contribution < -0.4 is 4.74 Å². The third kappa shape index (κ3) is 4.55. The molecule has 1 heterocycles. The Morgan fingerprint density at radius 2 is 1.93 bits per heavy atom. The summed E-state index contributed by atoms with van der Waals surface area (Å²) >= 11 is 0. The van der Waals surface area contributed by atoms with Crippen LogP contribution in [0.2, 0.25) is 0 Å². The van der Waals surface area contributed by atoms with E-state index in [1.54, 1.807) is 24.3 Å². The van der Waals surface area contributed by atoms with Gasteiger partial charge in [0, 0.05) is 11.6 Å². The van der Waals surface area contributed by atoms with Gasteiger partial charge in [0.1, 0.15) is 18.1 Å². The maximum absolute atomic E-state index is 12.4. The Bertz CT molecular complexity index is 1150. The molecule has 3 rings (SSSR count). The van der Waals surface area contributed by atoms with Gasteiger partial charge in [-0.25, -0.2) is 0 Å². The molecule has 10 heteroatoms. The van der Waals surface area contributed by atoms with Gasteiger partial charge >= 0.3 is 5.69 Å². The average molecular weight is 408 g/mol. The predicted octanol–water partition coefficient (Wildman–Crippen LogP) is 3.65. The molecule has 0 saturated heterocycles. The minimum Gasteiger partial charge on any atom is -0.496 e. The number of ketones is 1. The minimum atomic E-state index is -0.601. The summed E-state index contributed by atoms with van der Waals surface area (Å²) in [5.41, 5.74) is 0.953. The Morgan fingerprint density at radius 1 is 1.17 bits per heavy atom. The fourth-order valence-corrected chi connectivity index (χ4v) is 2.84. The first-order valence-electron chi connectivity index (χ1n) is 8.68. The van der Waals surface area contributed by atoms with Crippen LogP contribution in [0.25, 0.3) is 6.08 Å². The zero-order chi connectivity index (χ0) is 21.7. The zero-order valence-electron chi connectivity index (χ0n) is 15.8. The van der Waals surface area contributed by atoms with Gasteiger partial charge in [-0.05, 0) is 29.8 Å². The molecule has 30 heavy (non-hydrogen) atoms. The quantitative estimate of drug-likeness (QED) is 0.241. The van der Waals surface area contributed by atoms with Gasteiger partial charge in [-0.15, -0.1) is 0 Å². The first-order chi connectivity index (χ1) is 14.4. The molecule has 3 aromatic rings. The third-order valence-electron chi connectivity index (χ3n) is 4.26. The van der Waals surface area contributed by atoms with E-state index in [-0.39, 0.29) is 23.5 Å². The highest BCUT2D eigenvalue weighted by Gasteiger charge is 2.17. The molecule has 0 radical (unpaired) electrons. The number of hydrogen-bond donors (Lipinski definition) is 0. The number of para-hydroxylation sites is 1. The van der Waals surface area contributed by atoms with E-state index in [2.05, 4.69) is 5.10 Å². The highest BCUT2D eigenvalue weighted by atomic mass is 16.6. The van der Waals surface area contributed by atoms with Crippen molar-refractivity contribution in [2.45, 2.75) is 6.54 Å². The van der Waals surface area contributed by atoms with Gasteiger partial charge in [0.05, 0.1) is 29.1 Å². The highest BCUT2D eigenvalue weighted by molar-refractivity contribution is 6.09. The molecule has 0 atom stereocenters. The number of allylic oxidation sites excluding steroid dienone is 1. The smallest absolute Gasteiger partial charge is 0.307 e. The molecule has 0 unspecified atom stereocenters. The number of nitrogens with zero attached hydrogens (tertiary/aromatic N) is 4. The van der Waals surface area contributed by atoms with Crippen LogP contribution in [0, 0.1) is 20.2 Å². The molecule has 0 aliphatic carbocycles. The van der Waals surface area contributed by atoms with Crippen molar-refractivity contribution in [2.75, 3.05) is 7.11 Å². The van der Waals surface area contributed by atoms with Gasteiger partial charge in [0.2, 0.25) is 0 Å². The molecule has 0 aliphatic heterocycles.